The molecule has 0 aliphatic heterocycles. The molecular formula is C21H13ClN2O3. The van der Waals surface area contributed by atoms with Gasteiger partial charge in [-0.3, -0.25) is 10.1 Å². The molecule has 132 valence electrons. The number of aromatic nitrogens is 1. The molecule has 0 N–H and O–H groups in total. The van der Waals surface area contributed by atoms with Crippen molar-refractivity contribution in [3.8, 4) is 22.8 Å². The molecule has 5 nitrogen and oxygen atoms in total. The summed E-state index contributed by atoms with van der Waals surface area (Å²) in [6.45, 7) is 0. The zero-order valence-electron chi connectivity index (χ0n) is 14.0. The van der Waals surface area contributed by atoms with Crippen LogP contribution in [0.3, 0.4) is 0 Å². The maximum atomic E-state index is 11.3. The smallest absolute Gasteiger partial charge is 0.311 e. The van der Waals surface area contributed by atoms with Gasteiger partial charge in [-0.15, -0.1) is 0 Å². The fraction of sp³-hybridized carbons (Fsp3) is 0. The third kappa shape index (κ3) is 3.45. The number of nitro benzene ring substituents is 1. The summed E-state index contributed by atoms with van der Waals surface area (Å²) in [6.07, 6.45) is 0. The van der Waals surface area contributed by atoms with Gasteiger partial charge in [-0.2, -0.15) is 0 Å². The lowest BCUT2D eigenvalue weighted by molar-refractivity contribution is -0.385. The van der Waals surface area contributed by atoms with Gasteiger partial charge in [-0.1, -0.05) is 54.1 Å². The van der Waals surface area contributed by atoms with E-state index in [-0.39, 0.29) is 11.4 Å². The van der Waals surface area contributed by atoms with Gasteiger partial charge >= 0.3 is 5.69 Å². The molecule has 0 fully saturated rings. The molecule has 0 amide bonds. The SMILES string of the molecule is O=[N+]([O-])c1ccccc1Oc1nc2ccccc2cc1-c1ccc(Cl)cc1. The molecule has 27 heavy (non-hydrogen) atoms. The second-order valence-corrected chi connectivity index (χ2v) is 6.30. The van der Waals surface area contributed by atoms with E-state index in [0.717, 1.165) is 22.0 Å². The zero-order chi connectivity index (χ0) is 18.8. The fourth-order valence-corrected chi connectivity index (χ4v) is 2.94. The number of ether oxygens (including phenoxy) is 1. The molecule has 0 saturated heterocycles. The minimum Gasteiger partial charge on any atom is -0.431 e. The van der Waals surface area contributed by atoms with E-state index in [4.69, 9.17) is 16.3 Å². The molecule has 0 unspecified atom stereocenters. The molecule has 4 aromatic rings. The Morgan fingerprint density at radius 2 is 1.63 bits per heavy atom. The first kappa shape index (κ1) is 17.0. The molecule has 0 bridgehead atoms. The minimum atomic E-state index is -0.474. The number of hydrogen-bond acceptors (Lipinski definition) is 4. The van der Waals surface area contributed by atoms with E-state index in [2.05, 4.69) is 4.98 Å². The largest absolute Gasteiger partial charge is 0.431 e. The normalized spacial score (nSPS) is 10.7. The van der Waals surface area contributed by atoms with Crippen molar-refractivity contribution in [2.75, 3.05) is 0 Å². The number of nitro groups is 1. The van der Waals surface area contributed by atoms with E-state index in [1.807, 2.05) is 42.5 Å². The Bertz CT molecular complexity index is 1140. The molecule has 4 rings (SSSR count). The van der Waals surface area contributed by atoms with Crippen LogP contribution in [0.5, 0.6) is 11.6 Å². The predicted octanol–water partition coefficient (Wildman–Crippen LogP) is 6.26. The van der Waals surface area contributed by atoms with Gasteiger partial charge in [0.2, 0.25) is 11.6 Å². The fourth-order valence-electron chi connectivity index (χ4n) is 2.81. The van der Waals surface area contributed by atoms with Crippen molar-refractivity contribution in [1.82, 2.24) is 4.98 Å². The Kier molecular flexibility index (Phi) is 4.44. The monoisotopic (exact) mass is 376 g/mol. The summed E-state index contributed by atoms with van der Waals surface area (Å²) >= 11 is 6.00. The molecule has 1 heterocycles. The van der Waals surface area contributed by atoms with Crippen molar-refractivity contribution in [2.24, 2.45) is 0 Å². The zero-order valence-corrected chi connectivity index (χ0v) is 14.8. The quantitative estimate of drug-likeness (QED) is 0.311. The Morgan fingerprint density at radius 3 is 2.41 bits per heavy atom. The van der Waals surface area contributed by atoms with E-state index in [1.54, 1.807) is 30.3 Å². The van der Waals surface area contributed by atoms with Crippen molar-refractivity contribution >= 4 is 28.2 Å². The van der Waals surface area contributed by atoms with Gasteiger partial charge in [0, 0.05) is 22.0 Å². The van der Waals surface area contributed by atoms with Crippen LogP contribution >= 0.6 is 11.6 Å². The highest BCUT2D eigenvalue weighted by atomic mass is 35.5. The molecule has 0 atom stereocenters. The minimum absolute atomic E-state index is 0.116. The predicted molar refractivity (Wildman–Crippen MR) is 105 cm³/mol. The summed E-state index contributed by atoms with van der Waals surface area (Å²) in [4.78, 5) is 15.4. The highest BCUT2D eigenvalue weighted by Crippen LogP contribution is 2.37. The Hall–Kier alpha value is -3.44. The molecule has 1 aromatic heterocycles. The van der Waals surface area contributed by atoms with Gasteiger partial charge in [-0.05, 0) is 35.9 Å². The lowest BCUT2D eigenvalue weighted by Crippen LogP contribution is -1.97. The van der Waals surface area contributed by atoms with Gasteiger partial charge in [0.25, 0.3) is 0 Å². The lowest BCUT2D eigenvalue weighted by atomic mass is 10.0. The van der Waals surface area contributed by atoms with Crippen molar-refractivity contribution < 1.29 is 9.66 Å². The van der Waals surface area contributed by atoms with E-state index in [1.165, 1.54) is 6.07 Å². The van der Waals surface area contributed by atoms with Crippen LogP contribution in [-0.4, -0.2) is 9.91 Å². The summed E-state index contributed by atoms with van der Waals surface area (Å²) in [7, 11) is 0. The highest BCUT2D eigenvalue weighted by Gasteiger charge is 2.18. The molecule has 3 aromatic carbocycles. The van der Waals surface area contributed by atoms with Crippen LogP contribution < -0.4 is 4.74 Å². The van der Waals surface area contributed by atoms with Gasteiger partial charge in [-0.25, -0.2) is 4.98 Å². The maximum absolute atomic E-state index is 11.3. The third-order valence-corrected chi connectivity index (χ3v) is 4.36. The van der Waals surface area contributed by atoms with E-state index < -0.39 is 4.92 Å². The van der Waals surface area contributed by atoms with Gasteiger partial charge in [0.15, 0.2) is 0 Å². The first-order valence-electron chi connectivity index (χ1n) is 8.19. The van der Waals surface area contributed by atoms with Crippen molar-refractivity contribution in [3.63, 3.8) is 0 Å². The summed E-state index contributed by atoms with van der Waals surface area (Å²) in [5.74, 6) is 0.436. The third-order valence-electron chi connectivity index (χ3n) is 4.11. The first-order chi connectivity index (χ1) is 13.1. The number of halogens is 1. The maximum Gasteiger partial charge on any atom is 0.311 e. The van der Waals surface area contributed by atoms with Crippen LogP contribution in [0.1, 0.15) is 0 Å². The number of para-hydroxylation sites is 3. The highest BCUT2D eigenvalue weighted by molar-refractivity contribution is 6.30. The summed E-state index contributed by atoms with van der Waals surface area (Å²) in [5.41, 5.74) is 2.20. The number of nitrogens with zero attached hydrogens (tertiary/aromatic N) is 2. The van der Waals surface area contributed by atoms with Crippen LogP contribution in [0.4, 0.5) is 5.69 Å². The van der Waals surface area contributed by atoms with Crippen molar-refractivity contribution in [2.45, 2.75) is 0 Å². The molecule has 0 spiro atoms. The number of fused-ring (bicyclic) bond motifs is 1. The van der Waals surface area contributed by atoms with E-state index in [9.17, 15) is 10.1 Å². The van der Waals surface area contributed by atoms with Crippen molar-refractivity contribution in [3.05, 3.63) is 94.0 Å². The van der Waals surface area contributed by atoms with Gasteiger partial charge in [0.05, 0.1) is 10.4 Å². The second kappa shape index (κ2) is 7.05. The Labute approximate surface area is 160 Å². The summed E-state index contributed by atoms with van der Waals surface area (Å²) < 4.78 is 5.91. The molecular weight excluding hydrogens is 364 g/mol. The number of benzene rings is 3. The van der Waals surface area contributed by atoms with Crippen LogP contribution in [0, 0.1) is 10.1 Å². The van der Waals surface area contributed by atoms with Crippen molar-refractivity contribution in [1.29, 1.82) is 0 Å². The summed E-state index contributed by atoms with van der Waals surface area (Å²) in [5, 5.41) is 12.9. The number of pyridine rings is 1. The Morgan fingerprint density at radius 1 is 0.926 bits per heavy atom. The van der Waals surface area contributed by atoms with E-state index in [0.29, 0.717) is 10.9 Å². The lowest BCUT2D eigenvalue weighted by Gasteiger charge is -2.12. The topological polar surface area (TPSA) is 65.3 Å². The second-order valence-electron chi connectivity index (χ2n) is 5.87. The van der Waals surface area contributed by atoms with Crippen LogP contribution in [0.25, 0.3) is 22.0 Å². The number of rotatable bonds is 4. The van der Waals surface area contributed by atoms with Crippen LogP contribution in [-0.2, 0) is 0 Å². The molecule has 0 radical (unpaired) electrons. The molecule has 6 heteroatoms. The Balaban J connectivity index is 1.89. The standard InChI is InChI=1S/C21H13ClN2O3/c22-16-11-9-14(10-12-16)17-13-15-5-1-2-6-18(15)23-21(17)27-20-8-4-3-7-19(20)24(25)26/h1-13H. The molecule has 0 aliphatic carbocycles. The molecule has 0 aliphatic rings. The van der Waals surface area contributed by atoms with Gasteiger partial charge in [0.1, 0.15) is 0 Å². The number of hydrogen-bond donors (Lipinski definition) is 0. The average molecular weight is 377 g/mol. The molecule has 0 saturated carbocycles. The summed E-state index contributed by atoms with van der Waals surface area (Å²) in [6, 6.07) is 23.1. The first-order valence-corrected chi connectivity index (χ1v) is 8.56. The van der Waals surface area contributed by atoms with Crippen LogP contribution in [0.2, 0.25) is 5.02 Å². The van der Waals surface area contributed by atoms with Crippen LogP contribution in [0.15, 0.2) is 78.9 Å². The van der Waals surface area contributed by atoms with E-state index >= 15 is 0 Å². The average Bonchev–Trinajstić information content (AvgIpc) is 2.68. The van der Waals surface area contributed by atoms with Gasteiger partial charge < -0.3 is 4.74 Å².